The van der Waals surface area contributed by atoms with Crippen molar-refractivity contribution < 1.29 is 4.42 Å². The van der Waals surface area contributed by atoms with E-state index in [1.54, 1.807) is 0 Å². The molecular weight excluding hydrogens is 358 g/mol. The summed E-state index contributed by atoms with van der Waals surface area (Å²) in [7, 11) is 0. The molecule has 0 aliphatic rings. The van der Waals surface area contributed by atoms with Gasteiger partial charge in [0.15, 0.2) is 0 Å². The van der Waals surface area contributed by atoms with E-state index in [9.17, 15) is 0 Å². The van der Waals surface area contributed by atoms with Crippen LogP contribution in [0.1, 0.15) is 30.0 Å². The van der Waals surface area contributed by atoms with Crippen molar-refractivity contribution in [2.75, 3.05) is 5.32 Å². The van der Waals surface area contributed by atoms with E-state index >= 15 is 0 Å². The van der Waals surface area contributed by atoms with Crippen LogP contribution in [0, 0.1) is 13.8 Å². The molecule has 0 spiro atoms. The molecule has 0 aliphatic carbocycles. The third kappa shape index (κ3) is 2.81. The van der Waals surface area contributed by atoms with Crippen LogP contribution in [0.25, 0.3) is 0 Å². The van der Waals surface area contributed by atoms with Crippen LogP contribution in [0.5, 0.6) is 0 Å². The minimum absolute atomic E-state index is 0.192. The van der Waals surface area contributed by atoms with E-state index in [1.165, 1.54) is 5.56 Å². The Morgan fingerprint density at radius 2 is 1.78 bits per heavy atom. The molecule has 0 radical (unpaired) electrons. The number of furan rings is 1. The quantitative estimate of drug-likeness (QED) is 0.759. The molecule has 0 amide bonds. The van der Waals surface area contributed by atoms with Gasteiger partial charge in [0.25, 0.3) is 0 Å². The fourth-order valence-corrected chi connectivity index (χ4v) is 3.24. The van der Waals surface area contributed by atoms with Crippen molar-refractivity contribution in [2.45, 2.75) is 26.8 Å². The van der Waals surface area contributed by atoms with Crippen LogP contribution in [-0.4, -0.2) is 0 Å². The molecule has 1 aromatic heterocycles. The molecule has 1 heterocycles. The van der Waals surface area contributed by atoms with Crippen molar-refractivity contribution in [3.8, 4) is 0 Å². The minimum atomic E-state index is 0.192. The summed E-state index contributed by atoms with van der Waals surface area (Å²) in [6.45, 7) is 6.09. The summed E-state index contributed by atoms with van der Waals surface area (Å²) in [6, 6.07) is 8.31. The summed E-state index contributed by atoms with van der Waals surface area (Å²) in [5.74, 6) is 1.91. The van der Waals surface area contributed by atoms with Crippen molar-refractivity contribution in [3.05, 3.63) is 50.3 Å². The molecule has 2 rings (SSSR count). The van der Waals surface area contributed by atoms with E-state index in [0.29, 0.717) is 0 Å². The highest BCUT2D eigenvalue weighted by molar-refractivity contribution is 9.11. The summed E-state index contributed by atoms with van der Waals surface area (Å²) in [5.41, 5.74) is 2.25. The lowest BCUT2D eigenvalue weighted by Gasteiger charge is -2.17. The van der Waals surface area contributed by atoms with Gasteiger partial charge in [-0.2, -0.15) is 0 Å². The summed E-state index contributed by atoms with van der Waals surface area (Å²) >= 11 is 7.11. The van der Waals surface area contributed by atoms with Crippen LogP contribution < -0.4 is 5.32 Å². The first-order valence-corrected chi connectivity index (χ1v) is 7.35. The van der Waals surface area contributed by atoms with Crippen molar-refractivity contribution in [2.24, 2.45) is 0 Å². The average Bonchev–Trinajstić information content (AvgIpc) is 2.63. The van der Waals surface area contributed by atoms with Gasteiger partial charge in [-0.25, -0.2) is 0 Å². The smallest absolute Gasteiger partial charge is 0.106 e. The van der Waals surface area contributed by atoms with Gasteiger partial charge in [-0.1, -0.05) is 6.07 Å². The zero-order chi connectivity index (χ0) is 13.3. The van der Waals surface area contributed by atoms with Gasteiger partial charge in [0.1, 0.15) is 11.5 Å². The first-order chi connectivity index (χ1) is 8.49. The molecule has 1 N–H and O–H groups in total. The Kier molecular flexibility index (Phi) is 4.17. The molecule has 0 saturated heterocycles. The van der Waals surface area contributed by atoms with Gasteiger partial charge in [0.05, 0.1) is 11.7 Å². The standard InChI is InChI=1S/C14H15Br2NO/c1-8-7-11(10(3)18-8)9(2)17-14-12(15)5-4-6-13(14)16/h4-7,9,17H,1-3H3. The summed E-state index contributed by atoms with van der Waals surface area (Å²) in [5, 5.41) is 3.50. The van der Waals surface area contributed by atoms with Gasteiger partial charge in [-0.15, -0.1) is 0 Å². The van der Waals surface area contributed by atoms with Gasteiger partial charge >= 0.3 is 0 Å². The second-order valence-electron chi connectivity index (χ2n) is 4.33. The first kappa shape index (κ1) is 13.7. The molecule has 1 atom stereocenters. The first-order valence-electron chi connectivity index (χ1n) is 5.76. The normalized spacial score (nSPS) is 12.5. The largest absolute Gasteiger partial charge is 0.466 e. The van der Waals surface area contributed by atoms with Gasteiger partial charge in [-0.3, -0.25) is 0 Å². The van der Waals surface area contributed by atoms with Crippen LogP contribution in [0.15, 0.2) is 37.6 Å². The molecule has 4 heteroatoms. The Morgan fingerprint density at radius 1 is 1.17 bits per heavy atom. The summed E-state index contributed by atoms with van der Waals surface area (Å²) in [6.07, 6.45) is 0. The van der Waals surface area contributed by atoms with E-state index in [1.807, 2.05) is 32.0 Å². The van der Waals surface area contributed by atoms with E-state index in [2.05, 4.69) is 50.2 Å². The SMILES string of the molecule is Cc1cc(C(C)Nc2c(Br)cccc2Br)c(C)o1. The number of halogens is 2. The van der Waals surface area contributed by atoms with E-state index in [0.717, 1.165) is 26.2 Å². The van der Waals surface area contributed by atoms with Crippen molar-refractivity contribution in [1.82, 2.24) is 0 Å². The lowest BCUT2D eigenvalue weighted by atomic mass is 10.1. The molecule has 0 fully saturated rings. The molecule has 18 heavy (non-hydrogen) atoms. The minimum Gasteiger partial charge on any atom is -0.466 e. The number of hydrogen-bond donors (Lipinski definition) is 1. The highest BCUT2D eigenvalue weighted by Crippen LogP contribution is 2.34. The number of anilines is 1. The second kappa shape index (κ2) is 5.49. The second-order valence-corrected chi connectivity index (χ2v) is 6.04. The average molecular weight is 373 g/mol. The number of rotatable bonds is 3. The molecule has 0 aliphatic heterocycles. The summed E-state index contributed by atoms with van der Waals surface area (Å²) in [4.78, 5) is 0. The molecule has 1 aromatic carbocycles. The van der Waals surface area contributed by atoms with Gasteiger partial charge in [0.2, 0.25) is 0 Å². The lowest BCUT2D eigenvalue weighted by molar-refractivity contribution is 0.500. The van der Waals surface area contributed by atoms with Gasteiger partial charge in [-0.05, 0) is 70.8 Å². The monoisotopic (exact) mass is 371 g/mol. The molecular formula is C14H15Br2NO. The van der Waals surface area contributed by atoms with Crippen LogP contribution in [-0.2, 0) is 0 Å². The topological polar surface area (TPSA) is 25.2 Å². The number of nitrogens with one attached hydrogen (secondary N) is 1. The fraction of sp³-hybridized carbons (Fsp3) is 0.286. The van der Waals surface area contributed by atoms with Crippen LogP contribution in [0.3, 0.4) is 0 Å². The van der Waals surface area contributed by atoms with Crippen molar-refractivity contribution in [1.29, 1.82) is 0 Å². The number of hydrogen-bond acceptors (Lipinski definition) is 2. The lowest BCUT2D eigenvalue weighted by Crippen LogP contribution is -2.07. The number of para-hydroxylation sites is 1. The third-order valence-electron chi connectivity index (χ3n) is 2.87. The maximum atomic E-state index is 5.57. The van der Waals surface area contributed by atoms with Crippen molar-refractivity contribution >= 4 is 37.5 Å². The van der Waals surface area contributed by atoms with Crippen molar-refractivity contribution in [3.63, 3.8) is 0 Å². The van der Waals surface area contributed by atoms with Gasteiger partial charge < -0.3 is 9.73 Å². The Morgan fingerprint density at radius 3 is 2.28 bits per heavy atom. The Labute approximate surface area is 124 Å². The predicted molar refractivity (Wildman–Crippen MR) is 82.1 cm³/mol. The molecule has 2 aromatic rings. The van der Waals surface area contributed by atoms with Crippen LogP contribution >= 0.6 is 31.9 Å². The Hall–Kier alpha value is -0.740. The molecule has 2 nitrogen and oxygen atoms in total. The number of benzene rings is 1. The van der Waals surface area contributed by atoms with Gasteiger partial charge in [0, 0.05) is 14.5 Å². The summed E-state index contributed by atoms with van der Waals surface area (Å²) < 4.78 is 7.66. The molecule has 1 unspecified atom stereocenters. The van der Waals surface area contributed by atoms with E-state index in [-0.39, 0.29) is 6.04 Å². The zero-order valence-corrected chi connectivity index (χ0v) is 13.7. The highest BCUT2D eigenvalue weighted by atomic mass is 79.9. The maximum Gasteiger partial charge on any atom is 0.106 e. The molecule has 0 bridgehead atoms. The van der Waals surface area contributed by atoms with Crippen LogP contribution in [0.4, 0.5) is 5.69 Å². The van der Waals surface area contributed by atoms with E-state index < -0.39 is 0 Å². The third-order valence-corrected chi connectivity index (χ3v) is 4.19. The maximum absolute atomic E-state index is 5.57. The number of aryl methyl sites for hydroxylation is 2. The Bertz CT molecular complexity index is 543. The zero-order valence-electron chi connectivity index (χ0n) is 10.6. The van der Waals surface area contributed by atoms with Crippen LogP contribution in [0.2, 0.25) is 0 Å². The highest BCUT2D eigenvalue weighted by Gasteiger charge is 2.14. The Balaban J connectivity index is 2.26. The predicted octanol–water partition coefficient (Wildman–Crippen LogP) is 5.59. The fourth-order valence-electron chi connectivity index (χ4n) is 2.01. The molecule has 0 saturated carbocycles. The molecule has 96 valence electrons. The van der Waals surface area contributed by atoms with E-state index in [4.69, 9.17) is 4.42 Å².